The highest BCUT2D eigenvalue weighted by molar-refractivity contribution is 14.0. The van der Waals surface area contributed by atoms with Crippen LogP contribution in [0.4, 0.5) is 0 Å². The van der Waals surface area contributed by atoms with Crippen molar-refractivity contribution in [1.82, 2.24) is 20.4 Å². The molecular formula is C17H34IN5O. The van der Waals surface area contributed by atoms with Crippen LogP contribution in [0.2, 0.25) is 0 Å². The van der Waals surface area contributed by atoms with E-state index < -0.39 is 0 Å². The van der Waals surface area contributed by atoms with Crippen molar-refractivity contribution in [2.24, 2.45) is 10.9 Å². The summed E-state index contributed by atoms with van der Waals surface area (Å²) in [5, 5.41) is 6.89. The van der Waals surface area contributed by atoms with Crippen LogP contribution in [-0.4, -0.2) is 74.0 Å². The molecule has 0 spiro atoms. The Morgan fingerprint density at radius 3 is 2.33 bits per heavy atom. The number of likely N-dealkylation sites (N-methyl/N-ethyl adjacent to an activating group) is 1. The summed E-state index contributed by atoms with van der Waals surface area (Å²) in [6, 6.07) is 1.32. The van der Waals surface area contributed by atoms with Gasteiger partial charge in [-0.2, -0.15) is 0 Å². The molecule has 2 aliphatic rings. The molecule has 2 fully saturated rings. The molecule has 1 heterocycles. The van der Waals surface area contributed by atoms with Gasteiger partial charge in [0.25, 0.3) is 0 Å². The van der Waals surface area contributed by atoms with Gasteiger partial charge in [-0.1, -0.05) is 13.8 Å². The average Bonchev–Trinajstić information content (AvgIpc) is 3.34. The molecule has 1 aliphatic carbocycles. The molecule has 1 aliphatic heterocycles. The maximum atomic E-state index is 11.8. The molecule has 0 aromatic rings. The van der Waals surface area contributed by atoms with Crippen LogP contribution in [0.5, 0.6) is 0 Å². The quantitative estimate of drug-likeness (QED) is 0.365. The summed E-state index contributed by atoms with van der Waals surface area (Å²) >= 11 is 0. The largest absolute Gasteiger partial charge is 0.356 e. The first-order chi connectivity index (χ1) is 11.0. The molecule has 6 nitrogen and oxygen atoms in total. The van der Waals surface area contributed by atoms with Crippen LogP contribution in [0.1, 0.15) is 39.5 Å². The molecule has 1 saturated heterocycles. The fourth-order valence-corrected chi connectivity index (χ4v) is 2.78. The number of nitrogens with zero attached hydrogens (tertiary/aromatic N) is 3. The predicted molar refractivity (Wildman–Crippen MR) is 110 cm³/mol. The first kappa shape index (κ1) is 21.5. The number of likely N-dealkylation sites (tertiary alicyclic amines) is 1. The first-order valence-electron chi connectivity index (χ1n) is 8.94. The highest BCUT2D eigenvalue weighted by atomic mass is 127. The van der Waals surface area contributed by atoms with Crippen LogP contribution < -0.4 is 10.6 Å². The fraction of sp³-hybridized carbons (Fsp3) is 0.882. The summed E-state index contributed by atoms with van der Waals surface area (Å²) < 4.78 is 0. The predicted octanol–water partition coefficient (Wildman–Crippen LogP) is 1.51. The van der Waals surface area contributed by atoms with E-state index in [4.69, 9.17) is 0 Å². The van der Waals surface area contributed by atoms with E-state index in [1.54, 1.807) is 19.0 Å². The van der Waals surface area contributed by atoms with E-state index in [1.165, 1.54) is 25.9 Å². The molecular weight excluding hydrogens is 417 g/mol. The minimum absolute atomic E-state index is 0. The maximum Gasteiger partial charge on any atom is 0.243 e. The smallest absolute Gasteiger partial charge is 0.243 e. The van der Waals surface area contributed by atoms with Crippen LogP contribution in [0.15, 0.2) is 4.99 Å². The topological polar surface area (TPSA) is 60.0 Å². The summed E-state index contributed by atoms with van der Waals surface area (Å²) in [6.07, 6.45) is 5.07. The van der Waals surface area contributed by atoms with E-state index in [1.807, 2.05) is 0 Å². The lowest BCUT2D eigenvalue weighted by atomic mass is 10.1. The van der Waals surface area contributed by atoms with Gasteiger partial charge in [0.2, 0.25) is 5.91 Å². The number of hydrogen-bond acceptors (Lipinski definition) is 3. The van der Waals surface area contributed by atoms with E-state index in [2.05, 4.69) is 34.4 Å². The number of aliphatic imine (C=N–C) groups is 1. The summed E-state index contributed by atoms with van der Waals surface area (Å²) in [5.41, 5.74) is 0. The van der Waals surface area contributed by atoms with Gasteiger partial charge in [-0.05, 0) is 31.6 Å². The van der Waals surface area contributed by atoms with Crippen LogP contribution >= 0.6 is 24.0 Å². The van der Waals surface area contributed by atoms with Crippen LogP contribution in [0, 0.1) is 5.92 Å². The zero-order chi connectivity index (χ0) is 16.8. The number of halogens is 1. The molecule has 0 radical (unpaired) electrons. The van der Waals surface area contributed by atoms with E-state index in [9.17, 15) is 4.79 Å². The number of carbonyl (C=O) groups is 1. The summed E-state index contributed by atoms with van der Waals surface area (Å²) in [5.74, 6) is 1.35. The Hall–Kier alpha value is -0.570. The lowest BCUT2D eigenvalue weighted by Crippen LogP contribution is -2.49. The second-order valence-corrected chi connectivity index (χ2v) is 7.41. The second kappa shape index (κ2) is 10.4. The van der Waals surface area contributed by atoms with Gasteiger partial charge in [0.05, 0.1) is 0 Å². The summed E-state index contributed by atoms with van der Waals surface area (Å²) in [7, 11) is 3.53. The SMILES string of the molecule is CC(C)CNC(=NCC(=O)N(C)C)NC1CCN(C2CC2)CC1.I. The number of rotatable bonds is 6. The van der Waals surface area contributed by atoms with Gasteiger partial charge in [-0.15, -0.1) is 24.0 Å². The van der Waals surface area contributed by atoms with Gasteiger partial charge < -0.3 is 20.4 Å². The standard InChI is InChI=1S/C17H33N5O.HI/c1-13(2)11-18-17(19-12-16(23)21(3)4)20-14-7-9-22(10-8-14)15-5-6-15;/h13-15H,5-12H2,1-4H3,(H2,18,19,20);1H. The molecule has 24 heavy (non-hydrogen) atoms. The van der Waals surface area contributed by atoms with Gasteiger partial charge >= 0.3 is 0 Å². The van der Waals surface area contributed by atoms with Crippen LogP contribution in [0.3, 0.4) is 0 Å². The third-order valence-electron chi connectivity index (χ3n) is 4.48. The number of piperidine rings is 1. The van der Waals surface area contributed by atoms with Gasteiger partial charge in [0.1, 0.15) is 6.54 Å². The minimum atomic E-state index is 0. The Morgan fingerprint density at radius 1 is 1.21 bits per heavy atom. The Kier molecular flexibility index (Phi) is 9.33. The number of nitrogens with one attached hydrogen (secondary N) is 2. The lowest BCUT2D eigenvalue weighted by Gasteiger charge is -2.33. The Labute approximate surface area is 163 Å². The van der Waals surface area contributed by atoms with Crippen molar-refractivity contribution in [2.75, 3.05) is 40.3 Å². The first-order valence-corrected chi connectivity index (χ1v) is 8.94. The molecule has 0 atom stereocenters. The van der Waals surface area contributed by atoms with Gasteiger partial charge in [0, 0.05) is 45.8 Å². The molecule has 0 bridgehead atoms. The minimum Gasteiger partial charge on any atom is -0.356 e. The number of hydrogen-bond donors (Lipinski definition) is 2. The summed E-state index contributed by atoms with van der Waals surface area (Å²) in [4.78, 5) is 20.4. The highest BCUT2D eigenvalue weighted by Gasteiger charge is 2.31. The zero-order valence-electron chi connectivity index (χ0n) is 15.5. The number of amides is 1. The molecule has 0 aromatic carbocycles. The average molecular weight is 451 g/mol. The van der Waals surface area contributed by atoms with Crippen molar-refractivity contribution in [3.8, 4) is 0 Å². The van der Waals surface area contributed by atoms with Crippen molar-refractivity contribution < 1.29 is 4.79 Å². The van der Waals surface area contributed by atoms with Crippen LogP contribution in [0.25, 0.3) is 0 Å². The Balaban J connectivity index is 0.00000288. The van der Waals surface area contributed by atoms with Crippen molar-refractivity contribution in [3.63, 3.8) is 0 Å². The normalized spacial score (nSPS) is 19.8. The zero-order valence-corrected chi connectivity index (χ0v) is 17.9. The third-order valence-corrected chi connectivity index (χ3v) is 4.48. The molecule has 1 amide bonds. The van der Waals surface area contributed by atoms with E-state index >= 15 is 0 Å². The molecule has 0 unspecified atom stereocenters. The van der Waals surface area contributed by atoms with Gasteiger partial charge in [-0.25, -0.2) is 4.99 Å². The maximum absolute atomic E-state index is 11.8. The van der Waals surface area contributed by atoms with Crippen LogP contribution in [-0.2, 0) is 4.79 Å². The second-order valence-electron chi connectivity index (χ2n) is 7.41. The molecule has 2 N–H and O–H groups in total. The molecule has 2 rings (SSSR count). The van der Waals surface area contributed by atoms with E-state index in [0.29, 0.717) is 12.0 Å². The van der Waals surface area contributed by atoms with Crippen molar-refractivity contribution in [3.05, 3.63) is 0 Å². The van der Waals surface area contributed by atoms with Gasteiger partial charge in [-0.3, -0.25) is 4.79 Å². The fourth-order valence-electron chi connectivity index (χ4n) is 2.78. The van der Waals surface area contributed by atoms with E-state index in [-0.39, 0.29) is 36.4 Å². The Bertz CT molecular complexity index is 415. The molecule has 7 heteroatoms. The number of carbonyl (C=O) groups excluding carboxylic acids is 1. The molecule has 140 valence electrons. The lowest BCUT2D eigenvalue weighted by molar-refractivity contribution is -0.127. The highest BCUT2D eigenvalue weighted by Crippen LogP contribution is 2.29. The Morgan fingerprint density at radius 2 is 1.83 bits per heavy atom. The van der Waals surface area contributed by atoms with Crippen molar-refractivity contribution >= 4 is 35.8 Å². The molecule has 1 saturated carbocycles. The third kappa shape index (κ3) is 7.55. The number of guanidine groups is 1. The van der Waals surface area contributed by atoms with Crippen molar-refractivity contribution in [1.29, 1.82) is 0 Å². The van der Waals surface area contributed by atoms with Gasteiger partial charge in [0.15, 0.2) is 5.96 Å². The summed E-state index contributed by atoms with van der Waals surface area (Å²) in [6.45, 7) is 7.75. The van der Waals surface area contributed by atoms with Crippen molar-refractivity contribution in [2.45, 2.75) is 51.6 Å². The monoisotopic (exact) mass is 451 g/mol. The van der Waals surface area contributed by atoms with E-state index in [0.717, 1.165) is 31.4 Å². The molecule has 0 aromatic heterocycles.